The quantitative estimate of drug-likeness (QED) is 0.514. The first-order valence-electron chi connectivity index (χ1n) is 5.76. The average Bonchev–Trinajstić information content (AvgIpc) is 2.36. The highest BCUT2D eigenvalue weighted by molar-refractivity contribution is 7.98. The van der Waals surface area contributed by atoms with Crippen LogP contribution in [0.4, 0.5) is 5.82 Å². The molecule has 0 saturated carbocycles. The fraction of sp³-hybridized carbons (Fsp3) is 0.636. The van der Waals surface area contributed by atoms with Gasteiger partial charge in [-0.15, -0.1) is 0 Å². The van der Waals surface area contributed by atoms with Crippen molar-refractivity contribution in [2.75, 3.05) is 37.8 Å². The Morgan fingerprint density at radius 1 is 1.47 bits per heavy atom. The monoisotopic (exact) mass is 272 g/mol. The molecule has 0 unspecified atom stereocenters. The van der Waals surface area contributed by atoms with Gasteiger partial charge in [0.25, 0.3) is 0 Å². The number of rotatable bonds is 4. The number of fused-ring (bicyclic) bond motifs is 1. The van der Waals surface area contributed by atoms with Gasteiger partial charge in [0.1, 0.15) is 11.0 Å². The maximum Gasteiger partial charge on any atom is 0.190 e. The first-order chi connectivity index (χ1) is 8.26. The van der Waals surface area contributed by atoms with E-state index in [2.05, 4.69) is 20.2 Å². The molecule has 1 aliphatic rings. The summed E-state index contributed by atoms with van der Waals surface area (Å²) in [6.45, 7) is 2.97. The van der Waals surface area contributed by atoms with Crippen molar-refractivity contribution in [1.82, 2.24) is 15.3 Å². The number of anilines is 1. The zero-order valence-corrected chi connectivity index (χ0v) is 11.7. The van der Waals surface area contributed by atoms with E-state index >= 15 is 0 Å². The Balaban J connectivity index is 2.31. The molecule has 4 nitrogen and oxygen atoms in total. The van der Waals surface area contributed by atoms with Crippen molar-refractivity contribution in [2.45, 2.75) is 18.0 Å². The lowest BCUT2D eigenvalue weighted by atomic mass is 10.1. The summed E-state index contributed by atoms with van der Waals surface area (Å²) >= 11 is 7.75. The summed E-state index contributed by atoms with van der Waals surface area (Å²) in [5.74, 6) is 1.02. The van der Waals surface area contributed by atoms with Crippen LogP contribution < -0.4 is 10.2 Å². The second kappa shape index (κ2) is 5.89. The second-order valence-corrected chi connectivity index (χ2v) is 5.13. The normalized spacial score (nSPS) is 14.9. The van der Waals surface area contributed by atoms with E-state index in [4.69, 9.17) is 11.6 Å². The van der Waals surface area contributed by atoms with E-state index in [-0.39, 0.29) is 0 Å². The third-order valence-electron chi connectivity index (χ3n) is 2.88. The van der Waals surface area contributed by atoms with Gasteiger partial charge >= 0.3 is 0 Å². The number of hydrogen-bond acceptors (Lipinski definition) is 5. The van der Waals surface area contributed by atoms with E-state index < -0.39 is 0 Å². The lowest BCUT2D eigenvalue weighted by Crippen LogP contribution is -2.36. The second-order valence-electron chi connectivity index (χ2n) is 4.00. The molecule has 94 valence electrons. The van der Waals surface area contributed by atoms with Gasteiger partial charge in [0, 0.05) is 25.2 Å². The third kappa shape index (κ3) is 2.84. The molecule has 0 radical (unpaired) electrons. The van der Waals surface area contributed by atoms with Crippen molar-refractivity contribution in [2.24, 2.45) is 0 Å². The molecule has 17 heavy (non-hydrogen) atoms. The van der Waals surface area contributed by atoms with Gasteiger partial charge in [0.05, 0.1) is 0 Å². The van der Waals surface area contributed by atoms with Crippen LogP contribution in [0.1, 0.15) is 12.0 Å². The minimum atomic E-state index is 0.619. The Morgan fingerprint density at radius 3 is 3.00 bits per heavy atom. The lowest BCUT2D eigenvalue weighted by molar-refractivity contribution is 0.644. The molecule has 1 aromatic heterocycles. The Bertz CT molecular complexity index is 399. The summed E-state index contributed by atoms with van der Waals surface area (Å²) in [4.78, 5) is 11.2. The molecule has 2 rings (SSSR count). The zero-order chi connectivity index (χ0) is 12.3. The van der Waals surface area contributed by atoms with Crippen LogP contribution >= 0.6 is 23.4 Å². The van der Waals surface area contributed by atoms with Crippen LogP contribution in [0.25, 0.3) is 0 Å². The Hall–Kier alpha value is -0.520. The Labute approximate surface area is 111 Å². The molecule has 0 saturated heterocycles. The largest absolute Gasteiger partial charge is 0.355 e. The molecular formula is C11H17ClN4S. The summed E-state index contributed by atoms with van der Waals surface area (Å²) in [6, 6.07) is 0. The van der Waals surface area contributed by atoms with Crippen LogP contribution in [0.15, 0.2) is 5.16 Å². The van der Waals surface area contributed by atoms with Gasteiger partial charge in [0.15, 0.2) is 5.16 Å². The van der Waals surface area contributed by atoms with Gasteiger partial charge in [-0.3, -0.25) is 0 Å². The topological polar surface area (TPSA) is 41.0 Å². The smallest absolute Gasteiger partial charge is 0.190 e. The number of thioether (sulfide) groups is 1. The molecule has 2 heterocycles. The minimum Gasteiger partial charge on any atom is -0.355 e. The molecule has 0 aromatic carbocycles. The van der Waals surface area contributed by atoms with Crippen molar-refractivity contribution in [3.8, 4) is 0 Å². The van der Waals surface area contributed by atoms with Gasteiger partial charge in [-0.1, -0.05) is 23.4 Å². The zero-order valence-electron chi connectivity index (χ0n) is 10.2. The van der Waals surface area contributed by atoms with Gasteiger partial charge in [-0.25, -0.2) is 9.97 Å². The number of nitrogens with one attached hydrogen (secondary N) is 1. The Kier molecular flexibility index (Phi) is 4.48. The van der Waals surface area contributed by atoms with Crippen LogP contribution in [0.2, 0.25) is 5.15 Å². The summed E-state index contributed by atoms with van der Waals surface area (Å²) < 4.78 is 0. The van der Waals surface area contributed by atoms with Crippen LogP contribution in [0.3, 0.4) is 0 Å². The highest BCUT2D eigenvalue weighted by Gasteiger charge is 2.22. The van der Waals surface area contributed by atoms with Crippen LogP contribution in [0.5, 0.6) is 0 Å². The third-order valence-corrected chi connectivity index (χ3v) is 3.74. The average molecular weight is 273 g/mol. The molecule has 1 aromatic rings. The van der Waals surface area contributed by atoms with E-state index in [9.17, 15) is 0 Å². The molecule has 0 fully saturated rings. The molecule has 0 aliphatic carbocycles. The van der Waals surface area contributed by atoms with Crippen LogP contribution in [0, 0.1) is 0 Å². The van der Waals surface area contributed by atoms with Crippen LogP contribution in [-0.2, 0) is 6.42 Å². The number of likely N-dealkylation sites (N-methyl/N-ethyl adjacent to an activating group) is 1. The number of hydrogen-bond donors (Lipinski definition) is 1. The minimum absolute atomic E-state index is 0.619. The van der Waals surface area contributed by atoms with Crippen molar-refractivity contribution >= 4 is 29.2 Å². The predicted molar refractivity (Wildman–Crippen MR) is 73.3 cm³/mol. The van der Waals surface area contributed by atoms with E-state index in [1.165, 1.54) is 11.8 Å². The highest BCUT2D eigenvalue weighted by atomic mass is 35.5. The Morgan fingerprint density at radius 2 is 2.29 bits per heavy atom. The number of aromatic nitrogens is 2. The van der Waals surface area contributed by atoms with E-state index in [0.717, 1.165) is 49.0 Å². The predicted octanol–water partition coefficient (Wildman–Crippen LogP) is 1.82. The fourth-order valence-corrected chi connectivity index (χ4v) is 2.68. The first-order valence-corrected chi connectivity index (χ1v) is 7.36. The fourth-order valence-electron chi connectivity index (χ4n) is 2.01. The number of halogens is 1. The molecule has 0 amide bonds. The van der Waals surface area contributed by atoms with Crippen LogP contribution in [-0.4, -0.2) is 42.9 Å². The molecule has 0 bridgehead atoms. The maximum atomic E-state index is 6.22. The summed E-state index contributed by atoms with van der Waals surface area (Å²) in [7, 11) is 1.96. The van der Waals surface area contributed by atoms with Gasteiger partial charge in [-0.05, 0) is 26.1 Å². The summed E-state index contributed by atoms with van der Waals surface area (Å²) in [5, 5.41) is 4.54. The SMILES string of the molecule is CNCCN1CCCc2c(Cl)nc(SC)nc21. The summed E-state index contributed by atoms with van der Waals surface area (Å²) in [6.07, 6.45) is 4.08. The number of nitrogens with zero attached hydrogens (tertiary/aromatic N) is 3. The highest BCUT2D eigenvalue weighted by Crippen LogP contribution is 2.31. The van der Waals surface area contributed by atoms with Gasteiger partial charge < -0.3 is 10.2 Å². The van der Waals surface area contributed by atoms with Crippen molar-refractivity contribution in [3.05, 3.63) is 10.7 Å². The van der Waals surface area contributed by atoms with Gasteiger partial charge in [0.2, 0.25) is 0 Å². The maximum absolute atomic E-state index is 6.22. The van der Waals surface area contributed by atoms with E-state index in [1.807, 2.05) is 13.3 Å². The van der Waals surface area contributed by atoms with E-state index in [1.54, 1.807) is 0 Å². The molecule has 1 N–H and O–H groups in total. The molecular weight excluding hydrogens is 256 g/mol. The summed E-state index contributed by atoms with van der Waals surface area (Å²) in [5.41, 5.74) is 1.10. The van der Waals surface area contributed by atoms with E-state index in [0.29, 0.717) is 5.15 Å². The standard InChI is InChI=1S/C11H17ClN4S/c1-13-5-7-16-6-3-4-8-9(12)14-11(17-2)15-10(8)16/h13H,3-7H2,1-2H3. The van der Waals surface area contributed by atoms with Crippen molar-refractivity contribution in [3.63, 3.8) is 0 Å². The first kappa shape index (κ1) is 12.9. The van der Waals surface area contributed by atoms with Gasteiger partial charge in [-0.2, -0.15) is 0 Å². The lowest BCUT2D eigenvalue weighted by Gasteiger charge is -2.30. The molecule has 0 spiro atoms. The van der Waals surface area contributed by atoms with Crippen molar-refractivity contribution in [1.29, 1.82) is 0 Å². The molecule has 6 heteroatoms. The molecule has 0 atom stereocenters. The van der Waals surface area contributed by atoms with Crippen molar-refractivity contribution < 1.29 is 0 Å². The molecule has 1 aliphatic heterocycles.